The molecule has 1 unspecified atom stereocenters. The Kier molecular flexibility index (Phi) is 10.3. The number of benzene rings is 3. The van der Waals surface area contributed by atoms with Crippen LogP contribution in [0.3, 0.4) is 0 Å². The number of nitrogens with zero attached hydrogens (tertiary/aromatic N) is 2. The number of hydrogen-bond acceptors (Lipinski definition) is 6. The van der Waals surface area contributed by atoms with Gasteiger partial charge in [0.05, 0.1) is 11.9 Å². The molecular weight excluding hydrogens is 602 g/mol. The average molecular weight is 640 g/mol. The Balaban J connectivity index is 1.38. The summed E-state index contributed by atoms with van der Waals surface area (Å²) in [6.07, 6.45) is 5.71. The molecule has 1 aliphatic heterocycles. The summed E-state index contributed by atoms with van der Waals surface area (Å²) in [5.74, 6) is 0.564. The van der Waals surface area contributed by atoms with Gasteiger partial charge in [-0.15, -0.1) is 0 Å². The summed E-state index contributed by atoms with van der Waals surface area (Å²) in [5.41, 5.74) is 2.09. The first kappa shape index (κ1) is 31.7. The number of carbonyl (C=O) groups is 2. The highest BCUT2D eigenvalue weighted by Crippen LogP contribution is 2.36. The standard InChI is InChI=1S/C33H38ClN3O6S/c1-44(40,41)37(27-17-18-30-31(21-27)43-23-42-30)19-9-16-32(38)36(22-25-12-5-8-15-28(25)34)29(20-24-10-3-2-4-11-24)33(39)35-26-13-6-7-14-26/h2-5,8,10-12,15,17-18,21,26,29H,6-7,9,13-14,16,19-20,22-23H2,1H3,(H,35,39). The van der Waals surface area contributed by atoms with Gasteiger partial charge in [-0.2, -0.15) is 0 Å². The van der Waals surface area contributed by atoms with E-state index in [2.05, 4.69) is 5.32 Å². The lowest BCUT2D eigenvalue weighted by Gasteiger charge is -2.33. The second kappa shape index (κ2) is 14.3. The number of ether oxygens (including phenoxy) is 2. The number of nitrogens with one attached hydrogen (secondary N) is 1. The smallest absolute Gasteiger partial charge is 0.243 e. The molecule has 0 aromatic heterocycles. The zero-order chi connectivity index (χ0) is 31.1. The van der Waals surface area contributed by atoms with E-state index in [9.17, 15) is 18.0 Å². The SMILES string of the molecule is CS(=O)(=O)N(CCCC(=O)N(Cc1ccccc1Cl)C(Cc1ccccc1)C(=O)NC1CCCC1)c1ccc2c(c1)OCO2. The third kappa shape index (κ3) is 8.04. The van der Waals surface area contributed by atoms with Crippen LogP contribution in [0.4, 0.5) is 5.69 Å². The van der Waals surface area contributed by atoms with Crippen LogP contribution in [-0.2, 0) is 32.6 Å². The fourth-order valence-corrected chi connectivity index (χ4v) is 6.93. The third-order valence-corrected chi connectivity index (χ3v) is 9.63. The van der Waals surface area contributed by atoms with Gasteiger partial charge in [0.1, 0.15) is 6.04 Å². The van der Waals surface area contributed by atoms with Crippen LogP contribution in [0, 0.1) is 0 Å². The van der Waals surface area contributed by atoms with Crippen molar-refractivity contribution in [2.45, 2.75) is 63.6 Å². The van der Waals surface area contributed by atoms with Gasteiger partial charge in [-0.3, -0.25) is 13.9 Å². The molecule has 5 rings (SSSR count). The van der Waals surface area contributed by atoms with E-state index in [1.165, 1.54) is 4.31 Å². The lowest BCUT2D eigenvalue weighted by molar-refractivity contribution is -0.141. The van der Waals surface area contributed by atoms with Crippen LogP contribution in [-0.4, -0.2) is 56.8 Å². The molecule has 0 bridgehead atoms. The minimum atomic E-state index is -3.66. The average Bonchev–Trinajstić information content (AvgIpc) is 3.69. The van der Waals surface area contributed by atoms with E-state index in [0.29, 0.717) is 28.6 Å². The Morgan fingerprint density at radius 1 is 0.977 bits per heavy atom. The highest BCUT2D eigenvalue weighted by Gasteiger charge is 2.32. The maximum absolute atomic E-state index is 14.1. The molecule has 1 heterocycles. The monoisotopic (exact) mass is 639 g/mol. The number of rotatable bonds is 13. The van der Waals surface area contributed by atoms with E-state index in [4.69, 9.17) is 21.1 Å². The zero-order valence-electron chi connectivity index (χ0n) is 24.8. The molecule has 11 heteroatoms. The van der Waals surface area contributed by atoms with Crippen molar-refractivity contribution in [1.29, 1.82) is 0 Å². The van der Waals surface area contributed by atoms with E-state index < -0.39 is 16.1 Å². The van der Waals surface area contributed by atoms with Crippen molar-refractivity contribution in [2.75, 3.05) is 23.9 Å². The Morgan fingerprint density at radius 2 is 1.68 bits per heavy atom. The van der Waals surface area contributed by atoms with Gasteiger partial charge in [-0.05, 0) is 48.6 Å². The molecule has 1 saturated carbocycles. The van der Waals surface area contributed by atoms with Gasteiger partial charge < -0.3 is 19.7 Å². The molecule has 2 aliphatic rings. The van der Waals surface area contributed by atoms with Gasteiger partial charge >= 0.3 is 0 Å². The van der Waals surface area contributed by atoms with Gasteiger partial charge in [-0.25, -0.2) is 8.42 Å². The first-order chi connectivity index (χ1) is 21.2. The lowest BCUT2D eigenvalue weighted by Crippen LogP contribution is -2.52. The second-order valence-electron chi connectivity index (χ2n) is 11.3. The van der Waals surface area contributed by atoms with Gasteiger partial charge in [0.15, 0.2) is 11.5 Å². The largest absolute Gasteiger partial charge is 0.454 e. The van der Waals surface area contributed by atoms with Crippen molar-refractivity contribution in [3.8, 4) is 11.5 Å². The highest BCUT2D eigenvalue weighted by atomic mass is 35.5. The molecule has 1 fully saturated rings. The molecule has 44 heavy (non-hydrogen) atoms. The van der Waals surface area contributed by atoms with Crippen LogP contribution in [0.15, 0.2) is 72.8 Å². The number of halogens is 1. The fraction of sp³-hybridized carbons (Fsp3) is 0.394. The molecule has 9 nitrogen and oxygen atoms in total. The molecule has 1 aliphatic carbocycles. The molecule has 234 valence electrons. The summed E-state index contributed by atoms with van der Waals surface area (Å²) in [4.78, 5) is 29.5. The summed E-state index contributed by atoms with van der Waals surface area (Å²) in [6.45, 7) is 0.291. The number of anilines is 1. The van der Waals surface area contributed by atoms with E-state index in [-0.39, 0.29) is 50.6 Å². The number of fused-ring (bicyclic) bond motifs is 1. The summed E-state index contributed by atoms with van der Waals surface area (Å²) in [5, 5.41) is 3.70. The predicted molar refractivity (Wildman–Crippen MR) is 170 cm³/mol. The molecular formula is C33H38ClN3O6S. The van der Waals surface area contributed by atoms with Crippen molar-refractivity contribution < 1.29 is 27.5 Å². The highest BCUT2D eigenvalue weighted by molar-refractivity contribution is 7.92. The van der Waals surface area contributed by atoms with E-state index in [1.54, 1.807) is 29.2 Å². The maximum Gasteiger partial charge on any atom is 0.243 e. The topological polar surface area (TPSA) is 105 Å². The van der Waals surface area contributed by atoms with Gasteiger partial charge in [-0.1, -0.05) is 73.0 Å². The summed E-state index contributed by atoms with van der Waals surface area (Å²) in [7, 11) is -3.66. The Labute approximate surface area is 264 Å². The van der Waals surface area contributed by atoms with Crippen molar-refractivity contribution in [1.82, 2.24) is 10.2 Å². The van der Waals surface area contributed by atoms with Crippen molar-refractivity contribution in [3.05, 3.63) is 88.9 Å². The Bertz CT molecular complexity index is 1560. The molecule has 3 aromatic carbocycles. The van der Waals surface area contributed by atoms with E-state index in [1.807, 2.05) is 48.5 Å². The first-order valence-electron chi connectivity index (χ1n) is 14.9. The van der Waals surface area contributed by atoms with Crippen LogP contribution < -0.4 is 19.1 Å². The zero-order valence-corrected chi connectivity index (χ0v) is 26.4. The van der Waals surface area contributed by atoms with Crippen molar-refractivity contribution in [2.24, 2.45) is 0 Å². The summed E-state index contributed by atoms with van der Waals surface area (Å²) < 4.78 is 37.6. The van der Waals surface area contributed by atoms with Crippen LogP contribution in [0.1, 0.15) is 49.7 Å². The summed E-state index contributed by atoms with van der Waals surface area (Å²) >= 11 is 6.53. The number of carbonyl (C=O) groups excluding carboxylic acids is 2. The molecule has 3 aromatic rings. The predicted octanol–water partition coefficient (Wildman–Crippen LogP) is 5.31. The molecule has 2 amide bonds. The molecule has 0 saturated heterocycles. The van der Waals surface area contributed by atoms with Crippen molar-refractivity contribution in [3.63, 3.8) is 0 Å². The maximum atomic E-state index is 14.1. The molecule has 1 N–H and O–H groups in total. The third-order valence-electron chi connectivity index (χ3n) is 8.07. The van der Waals surface area contributed by atoms with Crippen LogP contribution in [0.25, 0.3) is 0 Å². The first-order valence-corrected chi connectivity index (χ1v) is 17.2. The van der Waals surface area contributed by atoms with Gasteiger partial charge in [0, 0.05) is 43.1 Å². The number of hydrogen-bond donors (Lipinski definition) is 1. The molecule has 1 atom stereocenters. The Morgan fingerprint density at radius 3 is 2.41 bits per heavy atom. The van der Waals surface area contributed by atoms with Gasteiger partial charge in [0.25, 0.3) is 0 Å². The molecule has 0 radical (unpaired) electrons. The van der Waals surface area contributed by atoms with Crippen LogP contribution in [0.2, 0.25) is 5.02 Å². The number of amides is 2. The summed E-state index contributed by atoms with van der Waals surface area (Å²) in [6, 6.07) is 21.2. The van der Waals surface area contributed by atoms with Crippen molar-refractivity contribution >= 4 is 39.1 Å². The number of sulfonamides is 1. The van der Waals surface area contributed by atoms with Crippen LogP contribution >= 0.6 is 11.6 Å². The Hall–Kier alpha value is -3.76. The van der Waals surface area contributed by atoms with Crippen LogP contribution in [0.5, 0.6) is 11.5 Å². The minimum absolute atomic E-state index is 0.0308. The second-order valence-corrected chi connectivity index (χ2v) is 13.6. The van der Waals surface area contributed by atoms with Gasteiger partial charge in [0.2, 0.25) is 28.6 Å². The normalized spacial score (nSPS) is 15.1. The molecule has 0 spiro atoms. The van der Waals surface area contributed by atoms with E-state index >= 15 is 0 Å². The quantitative estimate of drug-likeness (QED) is 0.272. The minimum Gasteiger partial charge on any atom is -0.454 e. The van der Waals surface area contributed by atoms with E-state index in [0.717, 1.165) is 43.1 Å². The lowest BCUT2D eigenvalue weighted by atomic mass is 10.0. The fourth-order valence-electron chi connectivity index (χ4n) is 5.78.